The van der Waals surface area contributed by atoms with E-state index in [2.05, 4.69) is 14.9 Å². The highest BCUT2D eigenvalue weighted by Crippen LogP contribution is 2.18. The largest absolute Gasteiger partial charge is 0.338 e. The maximum absolute atomic E-state index is 12.3. The molecular weight excluding hydrogens is 346 g/mol. The normalized spacial score (nSPS) is 11.5. The van der Waals surface area contributed by atoms with Gasteiger partial charge in [-0.05, 0) is 30.5 Å². The van der Waals surface area contributed by atoms with Gasteiger partial charge in [0.2, 0.25) is 21.7 Å². The molecule has 124 valence electrons. The second-order valence-electron chi connectivity index (χ2n) is 4.88. The van der Waals surface area contributed by atoms with E-state index >= 15 is 0 Å². The fraction of sp³-hybridized carbons (Fsp3) is 0.125. The topological polar surface area (TPSA) is 85.1 Å². The van der Waals surface area contributed by atoms with Crippen molar-refractivity contribution in [3.8, 4) is 11.4 Å². The molecule has 1 heterocycles. The standard InChI is InChI=1S/C16H15N3O3S2/c1-23-13-7-9-14(10-8-13)24(20,21)17-11-15-18-16(19-22-15)12-5-3-2-4-6-12/h2-10,17H,11H2,1H3. The van der Waals surface area contributed by atoms with Crippen LogP contribution in [0, 0.1) is 0 Å². The van der Waals surface area contributed by atoms with Crippen molar-refractivity contribution in [2.75, 3.05) is 6.26 Å². The average Bonchev–Trinajstić information content (AvgIpc) is 3.10. The van der Waals surface area contributed by atoms with E-state index in [4.69, 9.17) is 4.52 Å². The predicted molar refractivity (Wildman–Crippen MR) is 92.0 cm³/mol. The molecule has 0 radical (unpaired) electrons. The molecule has 0 unspecified atom stereocenters. The van der Waals surface area contributed by atoms with Gasteiger partial charge in [-0.15, -0.1) is 11.8 Å². The molecule has 0 spiro atoms. The first-order valence-electron chi connectivity index (χ1n) is 7.10. The first-order valence-corrected chi connectivity index (χ1v) is 9.81. The van der Waals surface area contributed by atoms with Crippen LogP contribution in [0.25, 0.3) is 11.4 Å². The molecule has 3 rings (SSSR count). The van der Waals surface area contributed by atoms with E-state index in [1.807, 2.05) is 36.6 Å². The Labute approximate surface area is 144 Å². The first kappa shape index (κ1) is 16.7. The van der Waals surface area contributed by atoms with Crippen molar-refractivity contribution < 1.29 is 12.9 Å². The van der Waals surface area contributed by atoms with Crippen molar-refractivity contribution in [2.45, 2.75) is 16.3 Å². The number of hydrogen-bond donors (Lipinski definition) is 1. The lowest BCUT2D eigenvalue weighted by Crippen LogP contribution is -2.23. The minimum Gasteiger partial charge on any atom is -0.338 e. The van der Waals surface area contributed by atoms with E-state index in [0.29, 0.717) is 5.82 Å². The fourth-order valence-corrected chi connectivity index (χ4v) is 3.41. The summed E-state index contributed by atoms with van der Waals surface area (Å²) in [5, 5.41) is 3.86. The molecule has 0 saturated carbocycles. The van der Waals surface area contributed by atoms with Crippen molar-refractivity contribution >= 4 is 21.8 Å². The zero-order valence-electron chi connectivity index (χ0n) is 12.8. The smallest absolute Gasteiger partial charge is 0.242 e. The van der Waals surface area contributed by atoms with Crippen LogP contribution >= 0.6 is 11.8 Å². The summed E-state index contributed by atoms with van der Waals surface area (Å²) in [4.78, 5) is 5.39. The minimum absolute atomic E-state index is 0.0630. The highest BCUT2D eigenvalue weighted by molar-refractivity contribution is 7.98. The Kier molecular flexibility index (Phi) is 4.98. The van der Waals surface area contributed by atoms with Crippen LogP contribution in [0.2, 0.25) is 0 Å². The van der Waals surface area contributed by atoms with E-state index < -0.39 is 10.0 Å². The van der Waals surface area contributed by atoms with Gasteiger partial charge >= 0.3 is 0 Å². The van der Waals surface area contributed by atoms with Gasteiger partial charge < -0.3 is 4.52 Å². The van der Waals surface area contributed by atoms with Crippen molar-refractivity contribution in [3.63, 3.8) is 0 Å². The van der Waals surface area contributed by atoms with Gasteiger partial charge in [-0.1, -0.05) is 35.5 Å². The Hall–Kier alpha value is -2.16. The maximum atomic E-state index is 12.3. The molecule has 1 aromatic heterocycles. The lowest BCUT2D eigenvalue weighted by Gasteiger charge is -2.05. The average molecular weight is 361 g/mol. The summed E-state index contributed by atoms with van der Waals surface area (Å²) < 4.78 is 32.1. The lowest BCUT2D eigenvalue weighted by atomic mass is 10.2. The van der Waals surface area contributed by atoms with Gasteiger partial charge in [0.1, 0.15) is 0 Å². The highest BCUT2D eigenvalue weighted by atomic mass is 32.2. The first-order chi connectivity index (χ1) is 11.6. The third kappa shape index (κ3) is 3.84. The van der Waals surface area contributed by atoms with Crippen molar-refractivity contribution in [2.24, 2.45) is 0 Å². The molecule has 0 saturated heterocycles. The summed E-state index contributed by atoms with van der Waals surface area (Å²) in [6.45, 7) is -0.0630. The number of rotatable bonds is 6. The number of benzene rings is 2. The lowest BCUT2D eigenvalue weighted by molar-refractivity contribution is 0.376. The van der Waals surface area contributed by atoms with Crippen LogP contribution in [-0.2, 0) is 16.6 Å². The van der Waals surface area contributed by atoms with E-state index in [9.17, 15) is 8.42 Å². The Bertz CT molecular complexity index is 907. The number of nitrogens with zero attached hydrogens (tertiary/aromatic N) is 2. The van der Waals surface area contributed by atoms with Gasteiger partial charge in [0.15, 0.2) is 0 Å². The Morgan fingerprint density at radius 2 is 1.79 bits per heavy atom. The summed E-state index contributed by atoms with van der Waals surface area (Å²) in [6.07, 6.45) is 1.93. The van der Waals surface area contributed by atoms with E-state index in [-0.39, 0.29) is 17.3 Å². The second kappa shape index (κ2) is 7.16. The van der Waals surface area contributed by atoms with E-state index in [1.165, 1.54) is 0 Å². The molecule has 0 amide bonds. The van der Waals surface area contributed by atoms with E-state index in [0.717, 1.165) is 10.5 Å². The van der Waals surface area contributed by atoms with Gasteiger partial charge in [0, 0.05) is 10.5 Å². The number of hydrogen-bond acceptors (Lipinski definition) is 6. The van der Waals surface area contributed by atoms with E-state index in [1.54, 1.807) is 36.0 Å². The van der Waals surface area contributed by atoms with Gasteiger partial charge in [-0.3, -0.25) is 0 Å². The summed E-state index contributed by atoms with van der Waals surface area (Å²) >= 11 is 1.55. The van der Waals surface area contributed by atoms with Crippen molar-refractivity contribution in [3.05, 3.63) is 60.5 Å². The quantitative estimate of drug-likeness (QED) is 0.680. The number of sulfonamides is 1. The Balaban J connectivity index is 1.69. The van der Waals surface area contributed by atoms with Gasteiger partial charge in [-0.2, -0.15) is 4.98 Å². The van der Waals surface area contributed by atoms with Crippen LogP contribution in [-0.4, -0.2) is 24.8 Å². The van der Waals surface area contributed by atoms with Crippen LogP contribution in [0.1, 0.15) is 5.89 Å². The number of nitrogens with one attached hydrogen (secondary N) is 1. The molecule has 0 aliphatic carbocycles. The predicted octanol–water partition coefficient (Wildman–Crippen LogP) is 2.94. The molecule has 8 heteroatoms. The maximum Gasteiger partial charge on any atom is 0.242 e. The zero-order valence-corrected chi connectivity index (χ0v) is 14.5. The van der Waals surface area contributed by atoms with Crippen LogP contribution in [0.3, 0.4) is 0 Å². The highest BCUT2D eigenvalue weighted by Gasteiger charge is 2.16. The van der Waals surface area contributed by atoms with Gasteiger partial charge in [0.25, 0.3) is 0 Å². The second-order valence-corrected chi connectivity index (χ2v) is 7.52. The Morgan fingerprint density at radius 1 is 1.08 bits per heavy atom. The molecular formula is C16H15N3O3S2. The third-order valence-electron chi connectivity index (χ3n) is 3.28. The fourth-order valence-electron chi connectivity index (χ4n) is 2.03. The number of thioether (sulfide) groups is 1. The molecule has 3 aromatic rings. The monoisotopic (exact) mass is 361 g/mol. The molecule has 6 nitrogen and oxygen atoms in total. The van der Waals surface area contributed by atoms with Gasteiger partial charge in [0.05, 0.1) is 11.4 Å². The summed E-state index contributed by atoms with van der Waals surface area (Å²) in [5.41, 5.74) is 0.808. The molecule has 24 heavy (non-hydrogen) atoms. The molecule has 0 atom stereocenters. The zero-order chi connectivity index (χ0) is 17.0. The van der Waals surface area contributed by atoms with Crippen molar-refractivity contribution in [1.29, 1.82) is 0 Å². The SMILES string of the molecule is CSc1ccc(S(=O)(=O)NCc2nc(-c3ccccc3)no2)cc1. The summed E-state index contributed by atoms with van der Waals surface area (Å²) in [7, 11) is -3.63. The molecule has 0 aliphatic heterocycles. The molecule has 1 N–H and O–H groups in total. The minimum atomic E-state index is -3.63. The van der Waals surface area contributed by atoms with Crippen LogP contribution in [0.5, 0.6) is 0 Å². The molecule has 0 aliphatic rings. The Morgan fingerprint density at radius 3 is 2.46 bits per heavy atom. The van der Waals surface area contributed by atoms with Crippen molar-refractivity contribution in [1.82, 2.24) is 14.9 Å². The molecule has 0 fully saturated rings. The molecule has 2 aromatic carbocycles. The van der Waals surface area contributed by atoms with Gasteiger partial charge in [-0.25, -0.2) is 13.1 Å². The number of aromatic nitrogens is 2. The third-order valence-corrected chi connectivity index (χ3v) is 5.44. The van der Waals surface area contributed by atoms with Crippen LogP contribution in [0.4, 0.5) is 0 Å². The van der Waals surface area contributed by atoms with Crippen LogP contribution in [0.15, 0.2) is 68.9 Å². The molecule has 0 bridgehead atoms. The van der Waals surface area contributed by atoms with Crippen LogP contribution < -0.4 is 4.72 Å². The summed E-state index contributed by atoms with van der Waals surface area (Å²) in [6, 6.07) is 16.0. The summed E-state index contributed by atoms with van der Waals surface area (Å²) in [5.74, 6) is 0.632.